The Kier molecular flexibility index (Phi) is 4.28. The molecule has 0 spiro atoms. The number of hydrogen-bond acceptors (Lipinski definition) is 4. The molecule has 1 aliphatic rings. The Morgan fingerprint density at radius 1 is 1.14 bits per heavy atom. The number of carbonyl (C=O) groups is 1. The maximum absolute atomic E-state index is 12.7. The van der Waals surface area contributed by atoms with Gasteiger partial charge in [-0.2, -0.15) is 0 Å². The number of likely N-dealkylation sites (N-methyl/N-ethyl adjacent to an activating group) is 1. The number of nitrogens with one attached hydrogen (secondary N) is 1. The number of hydrogen-bond donors (Lipinski definition) is 1. The molecular formula is C24H23N3OS. The van der Waals surface area contributed by atoms with Crippen LogP contribution in [0.3, 0.4) is 0 Å². The second kappa shape index (κ2) is 6.85. The molecule has 4 aromatic rings. The van der Waals surface area contributed by atoms with Gasteiger partial charge in [-0.05, 0) is 43.2 Å². The van der Waals surface area contributed by atoms with Crippen molar-refractivity contribution >= 4 is 43.9 Å². The lowest BCUT2D eigenvalue weighted by molar-refractivity contribution is 0.0949. The number of pyridine rings is 1. The van der Waals surface area contributed by atoms with Crippen LogP contribution in [0.1, 0.15) is 29.1 Å². The maximum atomic E-state index is 12.7. The molecule has 0 fully saturated rings. The van der Waals surface area contributed by atoms with Crippen molar-refractivity contribution in [3.63, 3.8) is 0 Å². The summed E-state index contributed by atoms with van der Waals surface area (Å²) in [5.74, 6) is 0.0202. The van der Waals surface area contributed by atoms with Crippen LogP contribution >= 0.6 is 11.3 Å². The van der Waals surface area contributed by atoms with E-state index in [4.69, 9.17) is 4.98 Å². The molecule has 0 saturated carbocycles. The van der Waals surface area contributed by atoms with E-state index in [0.29, 0.717) is 0 Å². The molecule has 0 saturated heterocycles. The van der Waals surface area contributed by atoms with Gasteiger partial charge >= 0.3 is 0 Å². The van der Waals surface area contributed by atoms with E-state index in [1.54, 1.807) is 11.3 Å². The molecular weight excluding hydrogens is 378 g/mol. The average molecular weight is 402 g/mol. The van der Waals surface area contributed by atoms with Crippen molar-refractivity contribution in [2.24, 2.45) is 0 Å². The summed E-state index contributed by atoms with van der Waals surface area (Å²) in [5.41, 5.74) is 5.41. The number of carbonyl (C=O) groups excluding carboxylic acids is 1. The SMILES string of the molecule is CCc1ccc(-c2ccc3c(ccc4sc5c(c43)N(C)C[C@@H](C)NC5=O)n2)cc1. The molecule has 29 heavy (non-hydrogen) atoms. The first-order chi connectivity index (χ1) is 14.0. The summed E-state index contributed by atoms with van der Waals surface area (Å²) in [6.45, 7) is 5.00. The standard InChI is InChI=1S/C24H23N3OS/c1-4-15-5-7-16(8-6-15)18-10-9-17-19(26-18)11-12-20-21(17)22-23(29-20)24(28)25-14(2)13-27(22)3/h5-12,14H,4,13H2,1-3H3,(H,25,28)/t14-/m1/s1. The predicted octanol–water partition coefficient (Wildman–Crippen LogP) is 5.25. The van der Waals surface area contributed by atoms with Crippen LogP contribution in [0.4, 0.5) is 5.69 Å². The molecule has 0 bridgehead atoms. The molecule has 1 N–H and O–H groups in total. The number of benzene rings is 2. The quantitative estimate of drug-likeness (QED) is 0.499. The highest BCUT2D eigenvalue weighted by Crippen LogP contribution is 2.43. The van der Waals surface area contributed by atoms with Gasteiger partial charge in [0.2, 0.25) is 0 Å². The molecule has 1 atom stereocenters. The monoisotopic (exact) mass is 401 g/mol. The summed E-state index contributed by atoms with van der Waals surface area (Å²) in [4.78, 5) is 20.7. The molecule has 1 amide bonds. The first-order valence-electron chi connectivity index (χ1n) is 10.0. The van der Waals surface area contributed by atoms with Crippen molar-refractivity contribution in [1.82, 2.24) is 10.3 Å². The first kappa shape index (κ1) is 18.1. The van der Waals surface area contributed by atoms with Crippen LogP contribution in [0.2, 0.25) is 0 Å². The average Bonchev–Trinajstić information content (AvgIpc) is 3.09. The Balaban J connectivity index is 1.70. The molecule has 5 rings (SSSR count). The normalized spacial score (nSPS) is 16.7. The zero-order chi connectivity index (χ0) is 20.1. The van der Waals surface area contributed by atoms with Crippen LogP contribution in [-0.4, -0.2) is 30.5 Å². The number of aryl methyl sites for hydroxylation is 1. The molecule has 0 aliphatic carbocycles. The second-order valence-corrected chi connectivity index (χ2v) is 8.84. The van der Waals surface area contributed by atoms with Crippen molar-refractivity contribution in [2.45, 2.75) is 26.3 Å². The largest absolute Gasteiger partial charge is 0.371 e. The van der Waals surface area contributed by atoms with Crippen LogP contribution in [0, 0.1) is 0 Å². The minimum atomic E-state index is 0.0202. The fourth-order valence-electron chi connectivity index (χ4n) is 4.21. The van der Waals surface area contributed by atoms with Crippen LogP contribution in [0.25, 0.3) is 32.2 Å². The van der Waals surface area contributed by atoms with Gasteiger partial charge in [-0.1, -0.05) is 31.2 Å². The van der Waals surface area contributed by atoms with E-state index in [9.17, 15) is 4.79 Å². The minimum Gasteiger partial charge on any atom is -0.371 e. The van der Waals surface area contributed by atoms with E-state index in [0.717, 1.165) is 55.8 Å². The lowest BCUT2D eigenvalue weighted by Crippen LogP contribution is -2.36. The molecule has 2 aromatic heterocycles. The molecule has 146 valence electrons. The zero-order valence-electron chi connectivity index (χ0n) is 16.8. The van der Waals surface area contributed by atoms with Gasteiger partial charge in [-0.25, -0.2) is 4.98 Å². The third-order valence-electron chi connectivity index (χ3n) is 5.67. The van der Waals surface area contributed by atoms with E-state index >= 15 is 0 Å². The molecule has 3 heterocycles. The topological polar surface area (TPSA) is 45.2 Å². The van der Waals surface area contributed by atoms with E-state index < -0.39 is 0 Å². The number of rotatable bonds is 2. The van der Waals surface area contributed by atoms with Gasteiger partial charge in [0.25, 0.3) is 5.91 Å². The van der Waals surface area contributed by atoms with Crippen molar-refractivity contribution in [3.8, 4) is 11.3 Å². The number of nitrogens with zero attached hydrogens (tertiary/aromatic N) is 2. The van der Waals surface area contributed by atoms with E-state index in [-0.39, 0.29) is 11.9 Å². The predicted molar refractivity (Wildman–Crippen MR) is 122 cm³/mol. The Labute approximate surface area is 174 Å². The first-order valence-corrected chi connectivity index (χ1v) is 10.8. The number of fused-ring (bicyclic) bond motifs is 5. The lowest BCUT2D eigenvalue weighted by atomic mass is 10.0. The van der Waals surface area contributed by atoms with Crippen molar-refractivity contribution < 1.29 is 4.79 Å². The van der Waals surface area contributed by atoms with Gasteiger partial charge in [-0.15, -0.1) is 11.3 Å². The lowest BCUT2D eigenvalue weighted by Gasteiger charge is -2.20. The number of thiophene rings is 1. The molecule has 1 aliphatic heterocycles. The smallest absolute Gasteiger partial charge is 0.263 e. The number of anilines is 1. The van der Waals surface area contributed by atoms with Gasteiger partial charge < -0.3 is 10.2 Å². The number of aromatic nitrogens is 1. The maximum Gasteiger partial charge on any atom is 0.263 e. The number of amides is 1. The molecule has 5 heteroatoms. The minimum absolute atomic E-state index is 0.0202. The van der Waals surface area contributed by atoms with Gasteiger partial charge in [0, 0.05) is 40.7 Å². The Bertz CT molecular complexity index is 1240. The van der Waals surface area contributed by atoms with Crippen molar-refractivity contribution in [2.75, 3.05) is 18.5 Å². The van der Waals surface area contributed by atoms with Crippen LogP contribution in [0.15, 0.2) is 48.5 Å². The third kappa shape index (κ3) is 2.97. The molecule has 0 unspecified atom stereocenters. The van der Waals surface area contributed by atoms with Crippen LogP contribution < -0.4 is 10.2 Å². The van der Waals surface area contributed by atoms with E-state index in [1.807, 2.05) is 6.92 Å². The molecule has 0 radical (unpaired) electrons. The highest BCUT2D eigenvalue weighted by atomic mass is 32.1. The van der Waals surface area contributed by atoms with Crippen molar-refractivity contribution in [3.05, 3.63) is 59.0 Å². The third-order valence-corrected chi connectivity index (χ3v) is 6.81. The molecule has 4 nitrogen and oxygen atoms in total. The van der Waals surface area contributed by atoms with E-state index in [1.165, 1.54) is 5.56 Å². The summed E-state index contributed by atoms with van der Waals surface area (Å²) in [5, 5.41) is 5.33. The van der Waals surface area contributed by atoms with Crippen LogP contribution in [-0.2, 0) is 6.42 Å². The molecule has 2 aromatic carbocycles. The zero-order valence-corrected chi connectivity index (χ0v) is 17.6. The Hall–Kier alpha value is -2.92. The van der Waals surface area contributed by atoms with E-state index in [2.05, 4.69) is 72.7 Å². The van der Waals surface area contributed by atoms with Crippen LogP contribution in [0.5, 0.6) is 0 Å². The summed E-state index contributed by atoms with van der Waals surface area (Å²) < 4.78 is 1.13. The summed E-state index contributed by atoms with van der Waals surface area (Å²) >= 11 is 1.56. The van der Waals surface area contributed by atoms with Gasteiger partial charge in [0.1, 0.15) is 4.88 Å². The fraction of sp³-hybridized carbons (Fsp3) is 0.250. The van der Waals surface area contributed by atoms with Gasteiger partial charge in [-0.3, -0.25) is 4.79 Å². The van der Waals surface area contributed by atoms with Gasteiger partial charge in [0.05, 0.1) is 16.9 Å². The highest BCUT2D eigenvalue weighted by molar-refractivity contribution is 7.21. The second-order valence-electron chi connectivity index (χ2n) is 7.79. The Morgan fingerprint density at radius 2 is 1.93 bits per heavy atom. The summed E-state index contributed by atoms with van der Waals surface area (Å²) in [6.07, 6.45) is 1.03. The summed E-state index contributed by atoms with van der Waals surface area (Å²) in [6, 6.07) is 17.1. The Morgan fingerprint density at radius 3 is 2.69 bits per heavy atom. The van der Waals surface area contributed by atoms with Gasteiger partial charge in [0.15, 0.2) is 0 Å². The highest BCUT2D eigenvalue weighted by Gasteiger charge is 2.27. The fourth-order valence-corrected chi connectivity index (χ4v) is 5.38. The summed E-state index contributed by atoms with van der Waals surface area (Å²) in [7, 11) is 2.07. The van der Waals surface area contributed by atoms with Crippen molar-refractivity contribution in [1.29, 1.82) is 0 Å².